The lowest BCUT2D eigenvalue weighted by atomic mass is 10.2. The Morgan fingerprint density at radius 2 is 2.13 bits per heavy atom. The summed E-state index contributed by atoms with van der Waals surface area (Å²) in [5, 5.41) is 8.75. The number of aromatic nitrogens is 4. The zero-order valence-corrected chi connectivity index (χ0v) is 14.3. The van der Waals surface area contributed by atoms with Crippen LogP contribution in [0.25, 0.3) is 16.9 Å². The number of rotatable bonds is 4. The maximum Gasteiger partial charge on any atom is 0.359 e. The van der Waals surface area contributed by atoms with E-state index in [1.54, 1.807) is 22.5 Å². The van der Waals surface area contributed by atoms with Crippen LogP contribution in [0.5, 0.6) is 0 Å². The van der Waals surface area contributed by atoms with E-state index >= 15 is 0 Å². The summed E-state index contributed by atoms with van der Waals surface area (Å²) >= 11 is 3.44. The summed E-state index contributed by atoms with van der Waals surface area (Å²) in [4.78, 5) is 12.2. The van der Waals surface area contributed by atoms with E-state index in [0.717, 1.165) is 10.2 Å². The van der Waals surface area contributed by atoms with Crippen LogP contribution in [0, 0.1) is 0 Å². The molecule has 3 aromatic rings. The molecule has 0 aliphatic rings. The van der Waals surface area contributed by atoms with Crippen LogP contribution in [-0.2, 0) is 11.8 Å². The lowest BCUT2D eigenvalue weighted by molar-refractivity contribution is 0.0520. The van der Waals surface area contributed by atoms with E-state index in [1.165, 1.54) is 0 Å². The second-order valence-corrected chi connectivity index (χ2v) is 5.83. The Labute approximate surface area is 141 Å². The largest absolute Gasteiger partial charge is 0.461 e. The van der Waals surface area contributed by atoms with E-state index in [9.17, 15) is 4.79 Å². The molecule has 1 aromatic carbocycles. The average Bonchev–Trinajstić information content (AvgIpc) is 3.13. The maximum atomic E-state index is 12.2. The third-order valence-corrected chi connectivity index (χ3v) is 3.74. The Balaban J connectivity index is 2.11. The SMILES string of the molecule is CCOC(=O)c1nn(-c2cccc(Br)c2)cc1-c1ccn(C)n1. The number of carbonyl (C=O) groups excluding carboxylic acids is 1. The van der Waals surface area contributed by atoms with Gasteiger partial charge in [-0.3, -0.25) is 4.68 Å². The number of hydrogen-bond donors (Lipinski definition) is 0. The van der Waals surface area contributed by atoms with Gasteiger partial charge in [0.1, 0.15) is 0 Å². The molecule has 6 nitrogen and oxygen atoms in total. The second kappa shape index (κ2) is 6.37. The van der Waals surface area contributed by atoms with Crippen molar-refractivity contribution in [3.8, 4) is 16.9 Å². The van der Waals surface area contributed by atoms with E-state index in [4.69, 9.17) is 4.74 Å². The summed E-state index contributed by atoms with van der Waals surface area (Å²) in [6.45, 7) is 2.06. The Morgan fingerprint density at radius 3 is 2.78 bits per heavy atom. The van der Waals surface area contributed by atoms with E-state index in [0.29, 0.717) is 17.9 Å². The summed E-state index contributed by atoms with van der Waals surface area (Å²) in [6, 6.07) is 9.51. The van der Waals surface area contributed by atoms with Crippen molar-refractivity contribution in [1.82, 2.24) is 19.6 Å². The Kier molecular flexibility index (Phi) is 4.29. The van der Waals surface area contributed by atoms with E-state index < -0.39 is 5.97 Å². The summed E-state index contributed by atoms with van der Waals surface area (Å²) in [5.41, 5.74) is 2.42. The van der Waals surface area contributed by atoms with Crippen molar-refractivity contribution in [3.63, 3.8) is 0 Å². The molecule has 118 valence electrons. The molecule has 0 fully saturated rings. The van der Waals surface area contributed by atoms with Gasteiger partial charge in [0, 0.05) is 23.9 Å². The quantitative estimate of drug-likeness (QED) is 0.657. The molecule has 0 radical (unpaired) electrons. The lowest BCUT2D eigenvalue weighted by Gasteiger charge is -2.01. The van der Waals surface area contributed by atoms with Crippen LogP contribution < -0.4 is 0 Å². The van der Waals surface area contributed by atoms with Crippen LogP contribution in [-0.4, -0.2) is 32.1 Å². The molecule has 23 heavy (non-hydrogen) atoms. The number of aryl methyl sites for hydroxylation is 1. The van der Waals surface area contributed by atoms with Gasteiger partial charge in [-0.25, -0.2) is 9.48 Å². The normalized spacial score (nSPS) is 10.7. The van der Waals surface area contributed by atoms with Gasteiger partial charge in [0.2, 0.25) is 0 Å². The van der Waals surface area contributed by atoms with Gasteiger partial charge in [0.25, 0.3) is 0 Å². The number of carbonyl (C=O) groups is 1. The average molecular weight is 375 g/mol. The zero-order chi connectivity index (χ0) is 16.4. The van der Waals surface area contributed by atoms with E-state index in [2.05, 4.69) is 26.1 Å². The highest BCUT2D eigenvalue weighted by Gasteiger charge is 2.21. The molecule has 0 unspecified atom stereocenters. The first-order valence-corrected chi connectivity index (χ1v) is 7.90. The molecule has 2 aromatic heterocycles. The Morgan fingerprint density at radius 1 is 1.30 bits per heavy atom. The number of benzene rings is 1. The van der Waals surface area contributed by atoms with Crippen LogP contribution in [0.1, 0.15) is 17.4 Å². The summed E-state index contributed by atoms with van der Waals surface area (Å²) in [5.74, 6) is -0.457. The number of esters is 1. The van der Waals surface area contributed by atoms with Gasteiger partial charge < -0.3 is 4.74 Å². The first kappa shape index (κ1) is 15.5. The van der Waals surface area contributed by atoms with Gasteiger partial charge in [-0.1, -0.05) is 22.0 Å². The van der Waals surface area contributed by atoms with Crippen LogP contribution in [0.2, 0.25) is 0 Å². The van der Waals surface area contributed by atoms with Crippen LogP contribution >= 0.6 is 15.9 Å². The highest BCUT2D eigenvalue weighted by molar-refractivity contribution is 9.10. The van der Waals surface area contributed by atoms with Crippen molar-refractivity contribution in [2.24, 2.45) is 7.05 Å². The Hall–Kier alpha value is -2.41. The lowest BCUT2D eigenvalue weighted by Crippen LogP contribution is -2.08. The monoisotopic (exact) mass is 374 g/mol. The molecule has 0 N–H and O–H groups in total. The van der Waals surface area contributed by atoms with Crippen LogP contribution in [0.4, 0.5) is 0 Å². The van der Waals surface area contributed by atoms with Crippen molar-refractivity contribution < 1.29 is 9.53 Å². The summed E-state index contributed by atoms with van der Waals surface area (Å²) < 4.78 is 9.38. The number of halogens is 1. The first-order valence-electron chi connectivity index (χ1n) is 7.11. The topological polar surface area (TPSA) is 61.9 Å². The molecule has 0 bridgehead atoms. The molecule has 7 heteroatoms. The third-order valence-electron chi connectivity index (χ3n) is 3.25. The fraction of sp³-hybridized carbons (Fsp3) is 0.188. The summed E-state index contributed by atoms with van der Waals surface area (Å²) in [6.07, 6.45) is 3.61. The highest BCUT2D eigenvalue weighted by atomic mass is 79.9. The molecule has 0 saturated heterocycles. The van der Waals surface area contributed by atoms with Gasteiger partial charge in [-0.05, 0) is 31.2 Å². The van der Waals surface area contributed by atoms with Gasteiger partial charge >= 0.3 is 5.97 Å². The number of hydrogen-bond acceptors (Lipinski definition) is 4. The van der Waals surface area contributed by atoms with E-state index in [1.807, 2.05) is 43.6 Å². The molecule has 0 aliphatic carbocycles. The molecule has 0 aliphatic heterocycles. The predicted molar refractivity (Wildman–Crippen MR) is 89.4 cm³/mol. The fourth-order valence-corrected chi connectivity index (χ4v) is 2.61. The zero-order valence-electron chi connectivity index (χ0n) is 12.7. The van der Waals surface area contributed by atoms with Crippen molar-refractivity contribution in [2.45, 2.75) is 6.92 Å². The minimum absolute atomic E-state index is 0.255. The minimum atomic E-state index is -0.457. The smallest absolute Gasteiger partial charge is 0.359 e. The van der Waals surface area contributed by atoms with Crippen molar-refractivity contribution in [3.05, 3.63) is 52.9 Å². The molecule has 0 spiro atoms. The van der Waals surface area contributed by atoms with Gasteiger partial charge in [0.05, 0.1) is 23.6 Å². The van der Waals surface area contributed by atoms with Gasteiger partial charge in [-0.2, -0.15) is 10.2 Å². The Bertz CT molecular complexity index is 853. The molecule has 0 amide bonds. The molecule has 3 rings (SSSR count). The molecular formula is C16H15BrN4O2. The standard InChI is InChI=1S/C16H15BrN4O2/c1-3-23-16(22)15-13(14-7-8-20(2)18-14)10-21(19-15)12-6-4-5-11(17)9-12/h4-10H,3H2,1-2H3. The van der Waals surface area contributed by atoms with Crippen molar-refractivity contribution >= 4 is 21.9 Å². The molecule has 2 heterocycles. The third kappa shape index (κ3) is 3.19. The second-order valence-electron chi connectivity index (χ2n) is 4.91. The van der Waals surface area contributed by atoms with E-state index in [-0.39, 0.29) is 5.69 Å². The first-order chi connectivity index (χ1) is 11.1. The van der Waals surface area contributed by atoms with Gasteiger partial charge in [-0.15, -0.1) is 0 Å². The summed E-state index contributed by atoms with van der Waals surface area (Å²) in [7, 11) is 1.83. The minimum Gasteiger partial charge on any atom is -0.461 e. The maximum absolute atomic E-state index is 12.2. The van der Waals surface area contributed by atoms with Crippen LogP contribution in [0.3, 0.4) is 0 Å². The van der Waals surface area contributed by atoms with Crippen molar-refractivity contribution in [1.29, 1.82) is 0 Å². The van der Waals surface area contributed by atoms with Gasteiger partial charge in [0.15, 0.2) is 5.69 Å². The number of nitrogens with zero attached hydrogens (tertiary/aromatic N) is 4. The molecule has 0 saturated carbocycles. The van der Waals surface area contributed by atoms with Crippen molar-refractivity contribution in [2.75, 3.05) is 6.61 Å². The fourth-order valence-electron chi connectivity index (χ4n) is 2.22. The molecule has 0 atom stereocenters. The number of ether oxygens (including phenoxy) is 1. The highest BCUT2D eigenvalue weighted by Crippen LogP contribution is 2.24. The molecular weight excluding hydrogens is 360 g/mol. The predicted octanol–water partition coefficient (Wildman–Crippen LogP) is 3.21. The van der Waals surface area contributed by atoms with Crippen LogP contribution in [0.15, 0.2) is 47.2 Å².